The van der Waals surface area contributed by atoms with Crippen LogP contribution in [0.15, 0.2) is 24.3 Å². The first-order chi connectivity index (χ1) is 13.6. The predicted octanol–water partition coefficient (Wildman–Crippen LogP) is 4.87. The van der Waals surface area contributed by atoms with Crippen LogP contribution < -0.4 is 10.1 Å². The van der Waals surface area contributed by atoms with Crippen molar-refractivity contribution >= 4 is 11.6 Å². The molecule has 28 heavy (non-hydrogen) atoms. The second kappa shape index (κ2) is 12.1. The van der Waals surface area contributed by atoms with E-state index in [1.807, 2.05) is 31.2 Å². The second-order valence-corrected chi connectivity index (χ2v) is 7.91. The standard InChI is InChI=1S/C23H38N2O3/c1-4-6-14-23(3,28-18-5-2)22(26)24-20-10-12-21(13-11-20)27-19-17-25-15-8-7-9-16-25/h10-13H,4-9,14-19H2,1-3H3,(H,24,26)/t23-/m1/s1. The van der Waals surface area contributed by atoms with Gasteiger partial charge in [0.15, 0.2) is 0 Å². The number of ether oxygens (including phenoxy) is 2. The van der Waals surface area contributed by atoms with E-state index in [0.29, 0.717) is 13.2 Å². The SMILES string of the molecule is CCCC[C@@](C)(OCCC)C(=O)Nc1ccc(OCCN2CCCCC2)cc1. The first-order valence-corrected chi connectivity index (χ1v) is 11.0. The minimum absolute atomic E-state index is 0.0758. The van der Waals surface area contributed by atoms with Gasteiger partial charge in [-0.1, -0.05) is 33.1 Å². The lowest BCUT2D eigenvalue weighted by Crippen LogP contribution is -2.43. The van der Waals surface area contributed by atoms with Crippen molar-refractivity contribution in [1.29, 1.82) is 0 Å². The number of rotatable bonds is 12. The molecule has 1 saturated heterocycles. The number of benzene rings is 1. The third-order valence-corrected chi connectivity index (χ3v) is 5.35. The molecule has 158 valence electrons. The predicted molar refractivity (Wildman–Crippen MR) is 115 cm³/mol. The molecule has 1 aromatic carbocycles. The summed E-state index contributed by atoms with van der Waals surface area (Å²) in [5.41, 5.74) is -0.00785. The molecule has 0 aliphatic carbocycles. The number of hydrogen-bond acceptors (Lipinski definition) is 4. The molecule has 0 bridgehead atoms. The van der Waals surface area contributed by atoms with Gasteiger partial charge in [0.25, 0.3) is 5.91 Å². The zero-order chi connectivity index (χ0) is 20.2. The largest absolute Gasteiger partial charge is 0.492 e. The highest BCUT2D eigenvalue weighted by atomic mass is 16.5. The van der Waals surface area contributed by atoms with Crippen molar-refractivity contribution < 1.29 is 14.3 Å². The van der Waals surface area contributed by atoms with Crippen LogP contribution in [-0.2, 0) is 9.53 Å². The van der Waals surface area contributed by atoms with Crippen molar-refractivity contribution in [2.75, 3.05) is 38.2 Å². The third-order valence-electron chi connectivity index (χ3n) is 5.35. The first kappa shape index (κ1) is 22.7. The Bertz CT molecular complexity index is 560. The minimum Gasteiger partial charge on any atom is -0.492 e. The normalized spacial score (nSPS) is 17.1. The lowest BCUT2D eigenvalue weighted by Gasteiger charge is -2.28. The maximum Gasteiger partial charge on any atom is 0.256 e. The summed E-state index contributed by atoms with van der Waals surface area (Å²) < 4.78 is 11.8. The van der Waals surface area contributed by atoms with Gasteiger partial charge in [-0.2, -0.15) is 0 Å². The van der Waals surface area contributed by atoms with Crippen LogP contribution in [0.2, 0.25) is 0 Å². The molecule has 1 heterocycles. The first-order valence-electron chi connectivity index (χ1n) is 11.0. The Morgan fingerprint density at radius 2 is 1.79 bits per heavy atom. The van der Waals surface area contributed by atoms with Gasteiger partial charge in [-0.15, -0.1) is 0 Å². The van der Waals surface area contributed by atoms with Crippen molar-refractivity contribution in [3.63, 3.8) is 0 Å². The summed E-state index contributed by atoms with van der Waals surface area (Å²) in [6, 6.07) is 7.63. The Morgan fingerprint density at radius 1 is 1.07 bits per heavy atom. The molecule has 1 amide bonds. The fraction of sp³-hybridized carbons (Fsp3) is 0.696. The highest BCUT2D eigenvalue weighted by Crippen LogP contribution is 2.23. The fourth-order valence-corrected chi connectivity index (χ4v) is 3.47. The van der Waals surface area contributed by atoms with Crippen molar-refractivity contribution in [3.8, 4) is 5.75 Å². The number of carbonyl (C=O) groups is 1. The van der Waals surface area contributed by atoms with E-state index in [2.05, 4.69) is 24.1 Å². The van der Waals surface area contributed by atoms with Crippen LogP contribution in [0.5, 0.6) is 5.75 Å². The van der Waals surface area contributed by atoms with Crippen LogP contribution in [0.3, 0.4) is 0 Å². The zero-order valence-electron chi connectivity index (χ0n) is 18.0. The smallest absolute Gasteiger partial charge is 0.256 e. The van der Waals surface area contributed by atoms with E-state index in [9.17, 15) is 4.79 Å². The summed E-state index contributed by atoms with van der Waals surface area (Å²) in [5.74, 6) is 0.763. The topological polar surface area (TPSA) is 50.8 Å². The van der Waals surface area contributed by atoms with E-state index in [1.165, 1.54) is 32.4 Å². The number of carbonyl (C=O) groups excluding carboxylic acids is 1. The molecular formula is C23H38N2O3. The average Bonchev–Trinajstić information content (AvgIpc) is 2.72. The lowest BCUT2D eigenvalue weighted by atomic mass is 9.97. The lowest BCUT2D eigenvalue weighted by molar-refractivity contribution is -0.140. The van der Waals surface area contributed by atoms with Gasteiger partial charge in [-0.3, -0.25) is 9.69 Å². The maximum atomic E-state index is 12.8. The summed E-state index contributed by atoms with van der Waals surface area (Å²) >= 11 is 0. The molecule has 5 heteroatoms. The quantitative estimate of drug-likeness (QED) is 0.553. The Balaban J connectivity index is 1.82. The third kappa shape index (κ3) is 7.44. The van der Waals surface area contributed by atoms with E-state index in [-0.39, 0.29) is 5.91 Å². The summed E-state index contributed by atoms with van der Waals surface area (Å²) in [6.45, 7) is 10.7. The minimum atomic E-state index is -0.782. The molecule has 0 saturated carbocycles. The van der Waals surface area contributed by atoms with Gasteiger partial charge < -0.3 is 14.8 Å². The number of unbranched alkanes of at least 4 members (excludes halogenated alkanes) is 1. The van der Waals surface area contributed by atoms with Crippen LogP contribution in [0.1, 0.15) is 65.7 Å². The Morgan fingerprint density at radius 3 is 2.43 bits per heavy atom. The number of hydrogen-bond donors (Lipinski definition) is 1. The van der Waals surface area contributed by atoms with Crippen molar-refractivity contribution in [2.24, 2.45) is 0 Å². The van der Waals surface area contributed by atoms with Crippen LogP contribution >= 0.6 is 0 Å². The summed E-state index contributed by atoms with van der Waals surface area (Å²) in [6.07, 6.45) is 7.59. The number of amides is 1. The Kier molecular flexibility index (Phi) is 9.79. The molecule has 1 aromatic rings. The van der Waals surface area contributed by atoms with E-state index in [1.54, 1.807) is 0 Å². The van der Waals surface area contributed by atoms with E-state index >= 15 is 0 Å². The molecule has 0 aromatic heterocycles. The number of nitrogens with zero attached hydrogens (tertiary/aromatic N) is 1. The van der Waals surface area contributed by atoms with E-state index in [4.69, 9.17) is 9.47 Å². The highest BCUT2D eigenvalue weighted by Gasteiger charge is 2.33. The van der Waals surface area contributed by atoms with Crippen molar-refractivity contribution in [1.82, 2.24) is 4.90 Å². The molecule has 0 radical (unpaired) electrons. The molecule has 1 aliphatic heterocycles. The summed E-state index contributed by atoms with van der Waals surface area (Å²) in [7, 11) is 0. The monoisotopic (exact) mass is 390 g/mol. The van der Waals surface area contributed by atoms with Crippen molar-refractivity contribution in [2.45, 2.75) is 71.3 Å². The molecule has 1 atom stereocenters. The molecular weight excluding hydrogens is 352 g/mol. The van der Waals surface area contributed by atoms with Crippen LogP contribution in [0.4, 0.5) is 5.69 Å². The fourth-order valence-electron chi connectivity index (χ4n) is 3.47. The van der Waals surface area contributed by atoms with Gasteiger partial charge in [0.1, 0.15) is 18.0 Å². The van der Waals surface area contributed by atoms with Gasteiger partial charge >= 0.3 is 0 Å². The molecule has 0 spiro atoms. The molecule has 1 N–H and O–H groups in total. The highest BCUT2D eigenvalue weighted by molar-refractivity contribution is 5.97. The van der Waals surface area contributed by atoms with Gasteiger partial charge in [-0.05, 0) is 70.0 Å². The molecule has 1 aliphatic rings. The summed E-state index contributed by atoms with van der Waals surface area (Å²) in [5, 5.41) is 3.01. The second-order valence-electron chi connectivity index (χ2n) is 7.91. The number of anilines is 1. The van der Waals surface area contributed by atoms with Crippen LogP contribution in [0.25, 0.3) is 0 Å². The van der Waals surface area contributed by atoms with Gasteiger partial charge in [0.2, 0.25) is 0 Å². The molecule has 2 rings (SSSR count). The van der Waals surface area contributed by atoms with Gasteiger partial charge in [0.05, 0.1) is 0 Å². The molecule has 5 nitrogen and oxygen atoms in total. The van der Waals surface area contributed by atoms with Crippen LogP contribution in [0, 0.1) is 0 Å². The molecule has 0 unspecified atom stereocenters. The summed E-state index contributed by atoms with van der Waals surface area (Å²) in [4.78, 5) is 15.3. The van der Waals surface area contributed by atoms with Crippen molar-refractivity contribution in [3.05, 3.63) is 24.3 Å². The van der Waals surface area contributed by atoms with E-state index in [0.717, 1.165) is 43.7 Å². The molecule has 1 fully saturated rings. The number of piperidine rings is 1. The van der Waals surface area contributed by atoms with E-state index < -0.39 is 5.60 Å². The average molecular weight is 391 g/mol. The maximum absolute atomic E-state index is 12.8. The van der Waals surface area contributed by atoms with Gasteiger partial charge in [0, 0.05) is 18.8 Å². The van der Waals surface area contributed by atoms with Crippen LogP contribution in [-0.4, -0.2) is 49.3 Å². The Labute approximate surface area is 170 Å². The number of likely N-dealkylation sites (tertiary alicyclic amines) is 1. The Hall–Kier alpha value is -1.59. The number of nitrogens with one attached hydrogen (secondary N) is 1. The van der Waals surface area contributed by atoms with Gasteiger partial charge in [-0.25, -0.2) is 0 Å². The zero-order valence-corrected chi connectivity index (χ0v) is 18.0.